The number of primary amides is 1. The van der Waals surface area contributed by atoms with Crippen LogP contribution in [0.2, 0.25) is 0 Å². The van der Waals surface area contributed by atoms with E-state index in [9.17, 15) is 14.4 Å². The molecule has 7 nitrogen and oxygen atoms in total. The monoisotopic (exact) mass is 439 g/mol. The van der Waals surface area contributed by atoms with E-state index in [1.54, 1.807) is 0 Å². The Morgan fingerprint density at radius 3 is 2.38 bits per heavy atom. The summed E-state index contributed by atoms with van der Waals surface area (Å²) in [6.07, 6.45) is 2.37. The Bertz CT molecular complexity index is 899. The summed E-state index contributed by atoms with van der Waals surface area (Å²) >= 11 is 0. The van der Waals surface area contributed by atoms with E-state index in [-0.39, 0.29) is 12.5 Å². The molecule has 0 aliphatic rings. The highest BCUT2D eigenvalue weighted by Crippen LogP contribution is 2.12. The second kappa shape index (κ2) is 13.1. The number of rotatable bonds is 12. The van der Waals surface area contributed by atoms with Crippen LogP contribution in [0.1, 0.15) is 47.9 Å². The van der Waals surface area contributed by atoms with Crippen molar-refractivity contribution in [3.8, 4) is 0 Å². The lowest BCUT2D eigenvalue weighted by Gasteiger charge is -2.16. The number of alkyl carbamates (subject to hydrolysis) is 1. The van der Waals surface area contributed by atoms with Gasteiger partial charge in [-0.1, -0.05) is 55.0 Å². The Kier molecular flexibility index (Phi) is 10.2. The molecular formula is C25H33N3O4. The van der Waals surface area contributed by atoms with Crippen molar-refractivity contribution >= 4 is 17.9 Å². The number of hydrogen-bond donors (Lipinski definition) is 3. The van der Waals surface area contributed by atoms with E-state index in [4.69, 9.17) is 10.5 Å². The zero-order chi connectivity index (χ0) is 23.3. The Morgan fingerprint density at radius 2 is 1.69 bits per heavy atom. The van der Waals surface area contributed by atoms with Gasteiger partial charge < -0.3 is 21.1 Å². The predicted molar refractivity (Wildman–Crippen MR) is 124 cm³/mol. The highest BCUT2D eigenvalue weighted by atomic mass is 16.5. The van der Waals surface area contributed by atoms with E-state index < -0.39 is 18.0 Å². The molecule has 4 N–H and O–H groups in total. The maximum atomic E-state index is 12.2. The molecule has 0 saturated carbocycles. The number of unbranched alkanes of at least 4 members (excludes halogenated alkanes) is 2. The molecule has 0 aromatic heterocycles. The van der Waals surface area contributed by atoms with Gasteiger partial charge in [-0.3, -0.25) is 9.59 Å². The van der Waals surface area contributed by atoms with Gasteiger partial charge in [-0.2, -0.15) is 0 Å². The lowest BCUT2D eigenvalue weighted by molar-refractivity contribution is -0.127. The summed E-state index contributed by atoms with van der Waals surface area (Å²) in [5.41, 5.74) is 9.68. The quantitative estimate of drug-likeness (QED) is 0.441. The minimum Gasteiger partial charge on any atom is -0.445 e. The molecule has 2 aromatic rings. The van der Waals surface area contributed by atoms with E-state index in [2.05, 4.69) is 10.6 Å². The third-order valence-electron chi connectivity index (χ3n) is 5.25. The number of hydrogen-bond acceptors (Lipinski definition) is 4. The van der Waals surface area contributed by atoms with Crippen molar-refractivity contribution in [1.29, 1.82) is 0 Å². The first-order chi connectivity index (χ1) is 15.3. The third kappa shape index (κ3) is 9.20. The summed E-state index contributed by atoms with van der Waals surface area (Å²) in [7, 11) is 0. The van der Waals surface area contributed by atoms with Crippen LogP contribution in [0.5, 0.6) is 0 Å². The first-order valence-electron chi connectivity index (χ1n) is 10.9. The molecule has 0 unspecified atom stereocenters. The molecule has 172 valence electrons. The SMILES string of the molecule is Cc1ccc(C[C@H](NC(=O)CCCCCNC(=O)OCc2ccccc2)C(N)=O)cc1C. The lowest BCUT2D eigenvalue weighted by Crippen LogP contribution is -2.45. The van der Waals surface area contributed by atoms with Crippen LogP contribution < -0.4 is 16.4 Å². The second-order valence-electron chi connectivity index (χ2n) is 7.94. The van der Waals surface area contributed by atoms with Crippen molar-refractivity contribution in [3.05, 3.63) is 70.8 Å². The summed E-state index contributed by atoms with van der Waals surface area (Å²) < 4.78 is 5.14. The number of ether oxygens (including phenoxy) is 1. The van der Waals surface area contributed by atoms with E-state index in [1.165, 1.54) is 5.56 Å². The molecule has 0 spiro atoms. The molecule has 0 radical (unpaired) electrons. The lowest BCUT2D eigenvalue weighted by atomic mass is 10.0. The van der Waals surface area contributed by atoms with Crippen molar-refractivity contribution in [1.82, 2.24) is 10.6 Å². The van der Waals surface area contributed by atoms with Crippen molar-refractivity contribution in [3.63, 3.8) is 0 Å². The van der Waals surface area contributed by atoms with Crippen LogP contribution in [0.25, 0.3) is 0 Å². The van der Waals surface area contributed by atoms with Crippen LogP contribution >= 0.6 is 0 Å². The standard InChI is InChI=1S/C25H33N3O4/c1-18-12-13-21(15-19(18)2)16-22(24(26)30)28-23(29)11-7-4-8-14-27-25(31)32-17-20-9-5-3-6-10-20/h3,5-6,9-10,12-13,15,22H,4,7-8,11,14,16-17H2,1-2H3,(H2,26,30)(H,27,31)(H,28,29)/t22-/m0/s1. The molecule has 0 fully saturated rings. The molecule has 2 rings (SSSR count). The maximum Gasteiger partial charge on any atom is 0.407 e. The summed E-state index contributed by atoms with van der Waals surface area (Å²) in [4.78, 5) is 35.7. The first kappa shape index (κ1) is 24.9. The molecule has 32 heavy (non-hydrogen) atoms. The Balaban J connectivity index is 1.60. The number of nitrogens with two attached hydrogens (primary N) is 1. The van der Waals surface area contributed by atoms with Gasteiger partial charge >= 0.3 is 6.09 Å². The molecule has 1 atom stereocenters. The maximum absolute atomic E-state index is 12.2. The first-order valence-corrected chi connectivity index (χ1v) is 10.9. The number of carbonyl (C=O) groups is 3. The summed E-state index contributed by atoms with van der Waals surface area (Å²) in [6, 6.07) is 14.7. The van der Waals surface area contributed by atoms with E-state index in [0.29, 0.717) is 25.8 Å². The minimum atomic E-state index is -0.731. The van der Waals surface area contributed by atoms with Crippen LogP contribution in [0.4, 0.5) is 4.79 Å². The molecule has 7 heteroatoms. The van der Waals surface area contributed by atoms with Crippen LogP contribution in [0.3, 0.4) is 0 Å². The van der Waals surface area contributed by atoms with Gasteiger partial charge in [-0.15, -0.1) is 0 Å². The fourth-order valence-electron chi connectivity index (χ4n) is 3.21. The van der Waals surface area contributed by atoms with E-state index in [1.807, 2.05) is 62.4 Å². The summed E-state index contributed by atoms with van der Waals surface area (Å²) in [6.45, 7) is 4.74. The normalized spacial score (nSPS) is 11.4. The van der Waals surface area contributed by atoms with Gasteiger partial charge in [0.15, 0.2) is 0 Å². The minimum absolute atomic E-state index is 0.201. The fourth-order valence-corrected chi connectivity index (χ4v) is 3.21. The number of amides is 3. The summed E-state index contributed by atoms with van der Waals surface area (Å²) in [5.74, 6) is -0.748. The average molecular weight is 440 g/mol. The second-order valence-corrected chi connectivity index (χ2v) is 7.94. The highest BCUT2D eigenvalue weighted by molar-refractivity contribution is 5.86. The Labute approximate surface area is 189 Å². The van der Waals surface area contributed by atoms with Crippen LogP contribution in [-0.4, -0.2) is 30.5 Å². The smallest absolute Gasteiger partial charge is 0.407 e. The van der Waals surface area contributed by atoms with Crippen molar-refractivity contribution in [2.75, 3.05) is 6.54 Å². The largest absolute Gasteiger partial charge is 0.445 e. The number of nitrogens with one attached hydrogen (secondary N) is 2. The average Bonchev–Trinajstić information content (AvgIpc) is 2.77. The van der Waals surface area contributed by atoms with E-state index in [0.717, 1.165) is 29.5 Å². The number of aryl methyl sites for hydroxylation is 2. The zero-order valence-electron chi connectivity index (χ0n) is 18.9. The van der Waals surface area contributed by atoms with Gasteiger partial charge in [0, 0.05) is 19.4 Å². The Hall–Kier alpha value is -3.35. The van der Waals surface area contributed by atoms with Crippen molar-refractivity contribution in [2.45, 2.75) is 58.6 Å². The molecule has 0 aliphatic heterocycles. The van der Waals surface area contributed by atoms with Crippen LogP contribution in [0, 0.1) is 13.8 Å². The predicted octanol–water partition coefficient (Wildman–Crippen LogP) is 3.30. The van der Waals surface area contributed by atoms with Crippen LogP contribution in [0.15, 0.2) is 48.5 Å². The Morgan fingerprint density at radius 1 is 0.938 bits per heavy atom. The molecule has 0 heterocycles. The van der Waals surface area contributed by atoms with Gasteiger partial charge in [0.1, 0.15) is 12.6 Å². The summed E-state index contributed by atoms with van der Waals surface area (Å²) in [5, 5.41) is 5.44. The molecule has 0 bridgehead atoms. The molecule has 3 amide bonds. The van der Waals surface area contributed by atoms with Gasteiger partial charge in [-0.25, -0.2) is 4.79 Å². The zero-order valence-corrected chi connectivity index (χ0v) is 18.9. The number of carbonyl (C=O) groups excluding carboxylic acids is 3. The molecular weight excluding hydrogens is 406 g/mol. The third-order valence-corrected chi connectivity index (χ3v) is 5.25. The highest BCUT2D eigenvalue weighted by Gasteiger charge is 2.18. The fraction of sp³-hybridized carbons (Fsp3) is 0.400. The number of benzene rings is 2. The van der Waals surface area contributed by atoms with Crippen molar-refractivity contribution < 1.29 is 19.1 Å². The van der Waals surface area contributed by atoms with Crippen LogP contribution in [-0.2, 0) is 27.4 Å². The molecule has 2 aromatic carbocycles. The van der Waals surface area contributed by atoms with Gasteiger partial charge in [0.25, 0.3) is 0 Å². The van der Waals surface area contributed by atoms with E-state index >= 15 is 0 Å². The van der Waals surface area contributed by atoms with Gasteiger partial charge in [0.2, 0.25) is 11.8 Å². The van der Waals surface area contributed by atoms with Gasteiger partial charge in [-0.05, 0) is 48.9 Å². The van der Waals surface area contributed by atoms with Gasteiger partial charge in [0.05, 0.1) is 0 Å². The topological polar surface area (TPSA) is 111 Å². The molecule has 0 aliphatic carbocycles. The van der Waals surface area contributed by atoms with Crippen molar-refractivity contribution in [2.24, 2.45) is 5.73 Å². The molecule has 0 saturated heterocycles.